The van der Waals surface area contributed by atoms with Crippen molar-refractivity contribution in [3.05, 3.63) is 48.2 Å². The van der Waals surface area contributed by atoms with Crippen molar-refractivity contribution < 1.29 is 9.90 Å². The smallest absolute Gasteiger partial charge is 0.359 e. The Labute approximate surface area is 112 Å². The van der Waals surface area contributed by atoms with Gasteiger partial charge in [-0.2, -0.15) is 0 Å². The summed E-state index contributed by atoms with van der Waals surface area (Å²) in [5.41, 5.74) is 0.782. The lowest BCUT2D eigenvalue weighted by Gasteiger charge is -2.07. The van der Waals surface area contributed by atoms with Crippen molar-refractivity contribution in [2.45, 2.75) is 0 Å². The fraction of sp³-hybridized carbons (Fsp3) is 0. The summed E-state index contributed by atoms with van der Waals surface area (Å²) in [5, 5.41) is 18.2. The number of rotatable bonds is 3. The normalized spacial score (nSPS) is 10.5. The number of anilines is 2. The molecule has 0 aliphatic carbocycles. The topological polar surface area (TPSA) is 75.1 Å². The molecule has 19 heavy (non-hydrogen) atoms. The van der Waals surface area contributed by atoms with Crippen molar-refractivity contribution in [2.24, 2.45) is 0 Å². The summed E-state index contributed by atoms with van der Waals surface area (Å²) in [6.45, 7) is 0. The lowest BCUT2D eigenvalue weighted by atomic mass is 10.1. The van der Waals surface area contributed by atoms with E-state index < -0.39 is 5.97 Å². The van der Waals surface area contributed by atoms with Crippen molar-refractivity contribution in [3.63, 3.8) is 0 Å². The number of carboxylic acids is 1. The number of fused-ring (bicyclic) bond motifs is 1. The van der Waals surface area contributed by atoms with Gasteiger partial charge < -0.3 is 10.4 Å². The fourth-order valence-electron chi connectivity index (χ4n) is 1.87. The lowest BCUT2D eigenvalue weighted by molar-refractivity contribution is 0.0691. The van der Waals surface area contributed by atoms with Gasteiger partial charge in [-0.25, -0.2) is 4.79 Å². The molecule has 2 aromatic carbocycles. The number of aromatic nitrogens is 2. The third-order valence-corrected chi connectivity index (χ3v) is 3.37. The van der Waals surface area contributed by atoms with Gasteiger partial charge in [0.05, 0.1) is 0 Å². The van der Waals surface area contributed by atoms with E-state index in [9.17, 15) is 4.79 Å². The van der Waals surface area contributed by atoms with E-state index in [1.807, 2.05) is 42.5 Å². The highest BCUT2D eigenvalue weighted by Crippen LogP contribution is 2.29. The fourth-order valence-corrected chi connectivity index (χ4v) is 2.44. The zero-order chi connectivity index (χ0) is 13.2. The Morgan fingerprint density at radius 2 is 1.95 bits per heavy atom. The quantitative estimate of drug-likeness (QED) is 0.765. The van der Waals surface area contributed by atoms with Gasteiger partial charge in [-0.15, -0.1) is 5.10 Å². The summed E-state index contributed by atoms with van der Waals surface area (Å²) < 4.78 is 3.67. The molecule has 0 spiro atoms. The van der Waals surface area contributed by atoms with Gasteiger partial charge in [0, 0.05) is 22.6 Å². The Morgan fingerprint density at radius 1 is 1.16 bits per heavy atom. The molecule has 0 unspecified atom stereocenters. The standard InChI is InChI=1S/C13H9N3O2S/c17-13(18)11-12(19-16-15-11)14-10-7-3-5-8-4-1-2-6-9(8)10/h1-7,14H,(H,17,18). The molecule has 5 nitrogen and oxygen atoms in total. The van der Waals surface area contributed by atoms with Crippen LogP contribution in [0.15, 0.2) is 42.5 Å². The highest BCUT2D eigenvalue weighted by atomic mass is 32.1. The van der Waals surface area contributed by atoms with E-state index in [0.29, 0.717) is 5.00 Å². The first-order valence-corrected chi connectivity index (χ1v) is 6.33. The molecule has 0 saturated heterocycles. The van der Waals surface area contributed by atoms with Crippen LogP contribution in [0.1, 0.15) is 10.5 Å². The zero-order valence-electron chi connectivity index (χ0n) is 9.70. The van der Waals surface area contributed by atoms with Crippen LogP contribution in [0.4, 0.5) is 10.7 Å². The van der Waals surface area contributed by atoms with Crippen LogP contribution in [0.5, 0.6) is 0 Å². The van der Waals surface area contributed by atoms with E-state index in [0.717, 1.165) is 28.0 Å². The molecule has 1 heterocycles. The molecule has 0 aliphatic rings. The van der Waals surface area contributed by atoms with Crippen molar-refractivity contribution in [3.8, 4) is 0 Å². The average Bonchev–Trinajstić information content (AvgIpc) is 2.87. The van der Waals surface area contributed by atoms with Crippen LogP contribution >= 0.6 is 11.5 Å². The third-order valence-electron chi connectivity index (χ3n) is 2.73. The van der Waals surface area contributed by atoms with E-state index in [-0.39, 0.29) is 5.69 Å². The largest absolute Gasteiger partial charge is 0.476 e. The number of nitrogens with zero attached hydrogens (tertiary/aromatic N) is 2. The Morgan fingerprint density at radius 3 is 2.79 bits per heavy atom. The van der Waals surface area contributed by atoms with Gasteiger partial charge in [0.25, 0.3) is 0 Å². The molecule has 0 radical (unpaired) electrons. The summed E-state index contributed by atoms with van der Waals surface area (Å²) in [4.78, 5) is 11.0. The van der Waals surface area contributed by atoms with E-state index in [4.69, 9.17) is 5.11 Å². The number of carbonyl (C=O) groups is 1. The average molecular weight is 271 g/mol. The van der Waals surface area contributed by atoms with E-state index in [2.05, 4.69) is 14.9 Å². The Kier molecular flexibility index (Phi) is 2.85. The van der Waals surface area contributed by atoms with Gasteiger partial charge >= 0.3 is 5.97 Å². The molecule has 3 rings (SSSR count). The maximum atomic E-state index is 11.0. The summed E-state index contributed by atoms with van der Waals surface area (Å²) in [6.07, 6.45) is 0. The van der Waals surface area contributed by atoms with Gasteiger partial charge in [-0.3, -0.25) is 0 Å². The summed E-state index contributed by atoms with van der Waals surface area (Å²) in [5.74, 6) is -1.09. The summed E-state index contributed by atoms with van der Waals surface area (Å²) in [6, 6.07) is 13.7. The minimum atomic E-state index is -1.09. The number of benzene rings is 2. The zero-order valence-corrected chi connectivity index (χ0v) is 10.5. The summed E-state index contributed by atoms with van der Waals surface area (Å²) >= 11 is 1.03. The maximum absolute atomic E-state index is 11.0. The van der Waals surface area contributed by atoms with Crippen LogP contribution in [-0.2, 0) is 0 Å². The molecule has 2 N–H and O–H groups in total. The van der Waals surface area contributed by atoms with E-state index in [1.54, 1.807) is 0 Å². The first-order valence-electron chi connectivity index (χ1n) is 5.56. The number of carboxylic acid groups (broad SMARTS) is 1. The predicted molar refractivity (Wildman–Crippen MR) is 74.1 cm³/mol. The van der Waals surface area contributed by atoms with Gasteiger partial charge in [-0.05, 0) is 11.5 Å². The molecule has 0 atom stereocenters. The minimum Gasteiger partial charge on any atom is -0.476 e. The lowest BCUT2D eigenvalue weighted by Crippen LogP contribution is -2.01. The van der Waals surface area contributed by atoms with Crippen LogP contribution in [0.3, 0.4) is 0 Å². The molecule has 0 bridgehead atoms. The molecular formula is C13H9N3O2S. The van der Waals surface area contributed by atoms with Gasteiger partial charge in [-0.1, -0.05) is 40.9 Å². The molecule has 0 amide bonds. The van der Waals surface area contributed by atoms with E-state index >= 15 is 0 Å². The van der Waals surface area contributed by atoms with E-state index in [1.165, 1.54) is 0 Å². The Balaban J connectivity index is 2.06. The number of hydrogen-bond donors (Lipinski definition) is 2. The molecule has 0 fully saturated rings. The van der Waals surface area contributed by atoms with Crippen LogP contribution in [-0.4, -0.2) is 20.7 Å². The molecular weight excluding hydrogens is 262 g/mol. The van der Waals surface area contributed by atoms with Gasteiger partial charge in [0.15, 0.2) is 0 Å². The number of hydrogen-bond acceptors (Lipinski definition) is 5. The maximum Gasteiger partial charge on any atom is 0.359 e. The second-order valence-corrected chi connectivity index (χ2v) is 4.66. The minimum absolute atomic E-state index is 0.0575. The predicted octanol–water partition coefficient (Wildman–Crippen LogP) is 3.13. The molecule has 94 valence electrons. The van der Waals surface area contributed by atoms with Crippen molar-refractivity contribution in [1.29, 1.82) is 0 Å². The van der Waals surface area contributed by atoms with Crippen molar-refractivity contribution in [2.75, 3.05) is 5.32 Å². The molecule has 6 heteroatoms. The van der Waals surface area contributed by atoms with Crippen LogP contribution in [0.25, 0.3) is 10.8 Å². The molecule has 3 aromatic rings. The highest BCUT2D eigenvalue weighted by molar-refractivity contribution is 7.10. The number of nitrogens with one attached hydrogen (secondary N) is 1. The second kappa shape index (κ2) is 4.66. The summed E-state index contributed by atoms with van der Waals surface area (Å²) in [7, 11) is 0. The van der Waals surface area contributed by atoms with Crippen LogP contribution in [0, 0.1) is 0 Å². The molecule has 0 aliphatic heterocycles. The monoisotopic (exact) mass is 271 g/mol. The first-order chi connectivity index (χ1) is 9.25. The first kappa shape index (κ1) is 11.6. The third kappa shape index (κ3) is 2.13. The van der Waals surface area contributed by atoms with Crippen LogP contribution < -0.4 is 5.32 Å². The molecule has 0 saturated carbocycles. The second-order valence-electron chi connectivity index (χ2n) is 3.91. The van der Waals surface area contributed by atoms with Gasteiger partial charge in [0.1, 0.15) is 5.00 Å². The van der Waals surface area contributed by atoms with Crippen molar-refractivity contribution in [1.82, 2.24) is 9.59 Å². The number of aromatic carboxylic acids is 1. The van der Waals surface area contributed by atoms with Crippen molar-refractivity contribution >= 4 is 39.0 Å². The van der Waals surface area contributed by atoms with Crippen LogP contribution in [0.2, 0.25) is 0 Å². The Hall–Kier alpha value is -2.47. The molecule has 1 aromatic heterocycles. The van der Waals surface area contributed by atoms with Gasteiger partial charge in [0.2, 0.25) is 5.69 Å². The SMILES string of the molecule is O=C(O)c1nnsc1Nc1cccc2ccccc12. The highest BCUT2D eigenvalue weighted by Gasteiger charge is 2.15. The Bertz CT molecular complexity index is 749.